The first-order valence-electron chi connectivity index (χ1n) is 6.51. The van der Waals surface area contributed by atoms with Gasteiger partial charge in [0.2, 0.25) is 5.91 Å². The van der Waals surface area contributed by atoms with Crippen molar-refractivity contribution in [2.24, 2.45) is 5.92 Å². The highest BCUT2D eigenvalue weighted by molar-refractivity contribution is 9.10. The number of rotatable bonds is 5. The Morgan fingerprint density at radius 3 is 2.72 bits per heavy atom. The van der Waals surface area contributed by atoms with Crippen molar-refractivity contribution in [2.45, 2.75) is 25.7 Å². The summed E-state index contributed by atoms with van der Waals surface area (Å²) in [5.41, 5.74) is 0.824. The quantitative estimate of drug-likeness (QED) is 0.877. The van der Waals surface area contributed by atoms with Crippen molar-refractivity contribution in [3.8, 4) is 0 Å². The molecule has 18 heavy (non-hydrogen) atoms. The van der Waals surface area contributed by atoms with Crippen molar-refractivity contribution >= 4 is 27.5 Å². The van der Waals surface area contributed by atoms with E-state index in [1.54, 1.807) is 0 Å². The molecular formula is C14H19BrN2O. The number of hydrogen-bond donors (Lipinski definition) is 2. The topological polar surface area (TPSA) is 41.1 Å². The number of carbonyl (C=O) groups excluding carboxylic acids is 1. The van der Waals surface area contributed by atoms with E-state index < -0.39 is 0 Å². The van der Waals surface area contributed by atoms with Gasteiger partial charge in [-0.15, -0.1) is 0 Å². The fourth-order valence-electron chi connectivity index (χ4n) is 2.36. The van der Waals surface area contributed by atoms with Crippen LogP contribution in [0.15, 0.2) is 28.7 Å². The summed E-state index contributed by atoms with van der Waals surface area (Å²) in [6.45, 7) is 1.35. The lowest BCUT2D eigenvalue weighted by atomic mass is 10.1. The molecule has 0 heterocycles. The van der Waals surface area contributed by atoms with Gasteiger partial charge < -0.3 is 10.6 Å². The molecule has 0 unspecified atom stereocenters. The second kappa shape index (κ2) is 6.90. The van der Waals surface area contributed by atoms with Crippen LogP contribution in [0.5, 0.6) is 0 Å². The number of hydrogen-bond acceptors (Lipinski definition) is 2. The summed E-state index contributed by atoms with van der Waals surface area (Å²) < 4.78 is 0.911. The van der Waals surface area contributed by atoms with Crippen LogP contribution in [0.4, 0.5) is 5.69 Å². The van der Waals surface area contributed by atoms with Gasteiger partial charge in [-0.1, -0.05) is 25.0 Å². The lowest BCUT2D eigenvalue weighted by Gasteiger charge is -2.11. The molecule has 2 rings (SSSR count). The van der Waals surface area contributed by atoms with Gasteiger partial charge in [-0.05, 0) is 53.4 Å². The van der Waals surface area contributed by atoms with Gasteiger partial charge in [0.05, 0.1) is 12.2 Å². The molecule has 0 bridgehead atoms. The van der Waals surface area contributed by atoms with Crippen LogP contribution >= 0.6 is 15.9 Å². The van der Waals surface area contributed by atoms with Crippen molar-refractivity contribution in [2.75, 3.05) is 18.4 Å². The smallest absolute Gasteiger partial charge is 0.238 e. The molecule has 0 aliphatic heterocycles. The third-order valence-electron chi connectivity index (χ3n) is 3.34. The molecule has 1 saturated carbocycles. The minimum atomic E-state index is 0.0138. The molecule has 0 atom stereocenters. The lowest BCUT2D eigenvalue weighted by molar-refractivity contribution is -0.115. The predicted molar refractivity (Wildman–Crippen MR) is 77.6 cm³/mol. The Bertz CT molecular complexity index is 403. The normalized spacial score (nSPS) is 15.8. The molecule has 1 fully saturated rings. The van der Waals surface area contributed by atoms with Crippen LogP contribution in [0, 0.1) is 5.92 Å². The van der Waals surface area contributed by atoms with Gasteiger partial charge in [0, 0.05) is 4.47 Å². The van der Waals surface area contributed by atoms with E-state index in [1.165, 1.54) is 25.7 Å². The van der Waals surface area contributed by atoms with Gasteiger partial charge in [-0.25, -0.2) is 0 Å². The Morgan fingerprint density at radius 1 is 1.28 bits per heavy atom. The maximum absolute atomic E-state index is 11.7. The van der Waals surface area contributed by atoms with Crippen molar-refractivity contribution in [1.29, 1.82) is 0 Å². The number of halogens is 1. The van der Waals surface area contributed by atoms with Crippen LogP contribution < -0.4 is 10.6 Å². The number of para-hydroxylation sites is 1. The van der Waals surface area contributed by atoms with Gasteiger partial charge in [-0.2, -0.15) is 0 Å². The number of carbonyl (C=O) groups is 1. The lowest BCUT2D eigenvalue weighted by Crippen LogP contribution is -2.31. The van der Waals surface area contributed by atoms with Crippen molar-refractivity contribution in [1.82, 2.24) is 5.32 Å². The third-order valence-corrected chi connectivity index (χ3v) is 4.03. The van der Waals surface area contributed by atoms with E-state index in [2.05, 4.69) is 26.6 Å². The average Bonchev–Trinajstić information content (AvgIpc) is 2.85. The average molecular weight is 311 g/mol. The standard InChI is InChI=1S/C14H19BrN2O/c15-12-7-3-4-8-13(12)17-14(18)10-16-9-11-5-1-2-6-11/h3-4,7-8,11,16H,1-2,5-6,9-10H2,(H,17,18). The minimum Gasteiger partial charge on any atom is -0.324 e. The van der Waals surface area contributed by atoms with E-state index >= 15 is 0 Å². The fourth-order valence-corrected chi connectivity index (χ4v) is 2.75. The summed E-state index contributed by atoms with van der Waals surface area (Å²) >= 11 is 3.41. The van der Waals surface area contributed by atoms with E-state index in [9.17, 15) is 4.79 Å². The number of anilines is 1. The second-order valence-electron chi connectivity index (χ2n) is 4.81. The summed E-state index contributed by atoms with van der Waals surface area (Å²) in [6, 6.07) is 7.64. The SMILES string of the molecule is O=C(CNCC1CCCC1)Nc1ccccc1Br. The molecule has 0 spiro atoms. The first-order chi connectivity index (χ1) is 8.75. The largest absolute Gasteiger partial charge is 0.324 e. The highest BCUT2D eigenvalue weighted by Crippen LogP contribution is 2.23. The molecule has 1 aromatic carbocycles. The summed E-state index contributed by atoms with van der Waals surface area (Å²) in [6.07, 6.45) is 5.29. The molecule has 1 aliphatic carbocycles. The van der Waals surface area contributed by atoms with Gasteiger partial charge in [-0.3, -0.25) is 4.79 Å². The fraction of sp³-hybridized carbons (Fsp3) is 0.500. The Labute approximate surface area is 116 Å². The number of benzene rings is 1. The first kappa shape index (κ1) is 13.6. The first-order valence-corrected chi connectivity index (χ1v) is 7.30. The van der Waals surface area contributed by atoms with E-state index in [0.717, 1.165) is 22.6 Å². The van der Waals surface area contributed by atoms with Crippen LogP contribution in [0.25, 0.3) is 0 Å². The minimum absolute atomic E-state index is 0.0138. The molecule has 1 amide bonds. The predicted octanol–water partition coefficient (Wildman–Crippen LogP) is 3.17. The molecular weight excluding hydrogens is 292 g/mol. The number of amides is 1. The Kier molecular flexibility index (Phi) is 5.20. The molecule has 2 N–H and O–H groups in total. The van der Waals surface area contributed by atoms with Crippen molar-refractivity contribution in [3.05, 3.63) is 28.7 Å². The molecule has 4 heteroatoms. The van der Waals surface area contributed by atoms with Gasteiger partial charge in [0.15, 0.2) is 0 Å². The zero-order valence-electron chi connectivity index (χ0n) is 10.4. The van der Waals surface area contributed by atoms with Crippen LogP contribution in [-0.4, -0.2) is 19.0 Å². The van der Waals surface area contributed by atoms with Gasteiger partial charge >= 0.3 is 0 Å². The molecule has 0 aromatic heterocycles. The van der Waals surface area contributed by atoms with Gasteiger partial charge in [0.25, 0.3) is 0 Å². The van der Waals surface area contributed by atoms with E-state index in [1.807, 2.05) is 24.3 Å². The molecule has 1 aliphatic rings. The third kappa shape index (κ3) is 4.10. The Balaban J connectivity index is 1.70. The number of nitrogens with one attached hydrogen (secondary N) is 2. The Morgan fingerprint density at radius 2 is 2.00 bits per heavy atom. The second-order valence-corrected chi connectivity index (χ2v) is 5.66. The molecule has 98 valence electrons. The highest BCUT2D eigenvalue weighted by atomic mass is 79.9. The highest BCUT2D eigenvalue weighted by Gasteiger charge is 2.14. The van der Waals surface area contributed by atoms with E-state index in [4.69, 9.17) is 0 Å². The van der Waals surface area contributed by atoms with Crippen LogP contribution in [0.2, 0.25) is 0 Å². The summed E-state index contributed by atoms with van der Waals surface area (Å²) in [7, 11) is 0. The Hall–Kier alpha value is -0.870. The molecule has 3 nitrogen and oxygen atoms in total. The van der Waals surface area contributed by atoms with Gasteiger partial charge in [0.1, 0.15) is 0 Å². The summed E-state index contributed by atoms with van der Waals surface area (Å²) in [5.74, 6) is 0.779. The monoisotopic (exact) mass is 310 g/mol. The van der Waals surface area contributed by atoms with E-state index in [0.29, 0.717) is 6.54 Å². The van der Waals surface area contributed by atoms with Crippen molar-refractivity contribution in [3.63, 3.8) is 0 Å². The summed E-state index contributed by atoms with van der Waals surface area (Å²) in [5, 5.41) is 6.13. The van der Waals surface area contributed by atoms with E-state index in [-0.39, 0.29) is 5.91 Å². The van der Waals surface area contributed by atoms with Crippen LogP contribution in [0.3, 0.4) is 0 Å². The maximum Gasteiger partial charge on any atom is 0.238 e. The van der Waals surface area contributed by atoms with Crippen LogP contribution in [0.1, 0.15) is 25.7 Å². The van der Waals surface area contributed by atoms with Crippen LogP contribution in [-0.2, 0) is 4.79 Å². The van der Waals surface area contributed by atoms with Crippen molar-refractivity contribution < 1.29 is 4.79 Å². The maximum atomic E-state index is 11.7. The molecule has 1 aromatic rings. The molecule has 0 saturated heterocycles. The zero-order chi connectivity index (χ0) is 12.8. The summed E-state index contributed by atoms with van der Waals surface area (Å²) in [4.78, 5) is 11.7. The molecule has 0 radical (unpaired) electrons. The zero-order valence-corrected chi connectivity index (χ0v) is 12.0.